The molecule has 1 saturated heterocycles. The summed E-state index contributed by atoms with van der Waals surface area (Å²) >= 11 is 0. The standard InChI is InChI=1S/C33H36O8S/c1-4-11-29-28(22-42(36,37)27-18-16-23(2)17-19-27)31(38-3)30(41-29)20-26(40-33(35)25-14-9-6-10-15-25)21-39-32(34)24-12-7-5-8-13-24/h4-10,12-19,26,28-31H,1,11,20-22H2,2-3H3/t26-,28-,29-,30+,31+/m0/s1. The second kappa shape index (κ2) is 14.4. The third kappa shape index (κ3) is 7.94. The van der Waals surface area contributed by atoms with Crippen molar-refractivity contribution in [3.8, 4) is 0 Å². The van der Waals surface area contributed by atoms with Crippen LogP contribution in [0.2, 0.25) is 0 Å². The van der Waals surface area contributed by atoms with Crippen LogP contribution >= 0.6 is 0 Å². The maximum absolute atomic E-state index is 13.4. The van der Waals surface area contributed by atoms with Gasteiger partial charge in [-0.25, -0.2) is 18.0 Å². The second-order valence-electron chi connectivity index (χ2n) is 10.3. The van der Waals surface area contributed by atoms with Gasteiger partial charge in [-0.15, -0.1) is 6.58 Å². The Morgan fingerprint density at radius 3 is 2.07 bits per heavy atom. The summed E-state index contributed by atoms with van der Waals surface area (Å²) in [5.74, 6) is -1.84. The number of esters is 2. The van der Waals surface area contributed by atoms with E-state index in [1.165, 1.54) is 7.11 Å². The molecule has 0 spiro atoms. The minimum absolute atomic E-state index is 0.119. The van der Waals surface area contributed by atoms with E-state index in [-0.39, 0.29) is 23.7 Å². The molecule has 3 aromatic carbocycles. The first-order valence-electron chi connectivity index (χ1n) is 13.8. The first-order chi connectivity index (χ1) is 20.2. The lowest BCUT2D eigenvalue weighted by Gasteiger charge is -2.25. The van der Waals surface area contributed by atoms with Crippen LogP contribution in [0.4, 0.5) is 0 Å². The summed E-state index contributed by atoms with van der Waals surface area (Å²) in [7, 11) is -2.16. The van der Waals surface area contributed by atoms with Crippen LogP contribution in [0.3, 0.4) is 0 Å². The Labute approximate surface area is 247 Å². The molecule has 5 atom stereocenters. The number of hydrogen-bond acceptors (Lipinski definition) is 8. The van der Waals surface area contributed by atoms with Gasteiger partial charge in [0.2, 0.25) is 0 Å². The fraction of sp³-hybridized carbons (Fsp3) is 0.333. The van der Waals surface area contributed by atoms with Crippen molar-refractivity contribution in [2.75, 3.05) is 19.5 Å². The van der Waals surface area contributed by atoms with Gasteiger partial charge in [-0.05, 0) is 49.7 Å². The molecule has 0 amide bonds. The van der Waals surface area contributed by atoms with Gasteiger partial charge in [0.1, 0.15) is 12.7 Å². The van der Waals surface area contributed by atoms with Crippen molar-refractivity contribution in [2.24, 2.45) is 5.92 Å². The number of sulfone groups is 1. The van der Waals surface area contributed by atoms with E-state index in [9.17, 15) is 18.0 Å². The highest BCUT2D eigenvalue weighted by Crippen LogP contribution is 2.36. The Hall–Kier alpha value is -3.79. The van der Waals surface area contributed by atoms with E-state index >= 15 is 0 Å². The number of carbonyl (C=O) groups is 2. The molecule has 42 heavy (non-hydrogen) atoms. The lowest BCUT2D eigenvalue weighted by Crippen LogP contribution is -2.38. The molecule has 0 aromatic heterocycles. The van der Waals surface area contributed by atoms with E-state index in [4.69, 9.17) is 18.9 Å². The van der Waals surface area contributed by atoms with Gasteiger partial charge in [0.15, 0.2) is 9.84 Å². The van der Waals surface area contributed by atoms with Gasteiger partial charge >= 0.3 is 11.9 Å². The van der Waals surface area contributed by atoms with Crippen molar-refractivity contribution < 1.29 is 37.0 Å². The molecule has 0 N–H and O–H groups in total. The highest BCUT2D eigenvalue weighted by atomic mass is 32.2. The van der Waals surface area contributed by atoms with Gasteiger partial charge in [0, 0.05) is 19.4 Å². The molecule has 8 nitrogen and oxygen atoms in total. The van der Waals surface area contributed by atoms with E-state index in [2.05, 4.69) is 6.58 Å². The Balaban J connectivity index is 1.54. The Bertz CT molecular complexity index is 1440. The van der Waals surface area contributed by atoms with E-state index < -0.39 is 52.1 Å². The summed E-state index contributed by atoms with van der Waals surface area (Å²) in [5, 5.41) is 0. The van der Waals surface area contributed by atoms with Crippen molar-refractivity contribution in [2.45, 2.75) is 49.1 Å². The summed E-state index contributed by atoms with van der Waals surface area (Å²) in [6, 6.07) is 23.7. The first-order valence-corrected chi connectivity index (χ1v) is 15.4. The average Bonchev–Trinajstić information content (AvgIpc) is 3.31. The molecule has 1 aliphatic heterocycles. The summed E-state index contributed by atoms with van der Waals surface area (Å²) in [4.78, 5) is 25.9. The number of rotatable bonds is 13. The zero-order chi connectivity index (χ0) is 30.1. The topological polar surface area (TPSA) is 105 Å². The van der Waals surface area contributed by atoms with Crippen LogP contribution < -0.4 is 0 Å². The Morgan fingerprint density at radius 2 is 1.50 bits per heavy atom. The van der Waals surface area contributed by atoms with Gasteiger partial charge in [-0.3, -0.25) is 0 Å². The monoisotopic (exact) mass is 592 g/mol. The summed E-state index contributed by atoms with van der Waals surface area (Å²) < 4.78 is 50.3. The molecule has 4 rings (SSSR count). The van der Waals surface area contributed by atoms with E-state index in [0.717, 1.165) is 5.56 Å². The lowest BCUT2D eigenvalue weighted by atomic mass is 9.94. The van der Waals surface area contributed by atoms with Crippen molar-refractivity contribution >= 4 is 21.8 Å². The SMILES string of the molecule is C=CC[C@@H]1O[C@H](C[C@@H](COC(=O)c2ccccc2)OC(=O)c2ccccc2)[C@H](OC)[C@H]1CS(=O)(=O)c1ccc(C)cc1. The number of benzene rings is 3. The van der Waals surface area contributed by atoms with Gasteiger partial charge in [0.25, 0.3) is 0 Å². The molecule has 1 heterocycles. The van der Waals surface area contributed by atoms with E-state index in [0.29, 0.717) is 17.5 Å². The highest BCUT2D eigenvalue weighted by Gasteiger charge is 2.47. The minimum Gasteiger partial charge on any atom is -0.458 e. The largest absolute Gasteiger partial charge is 0.458 e. The number of carbonyl (C=O) groups excluding carboxylic acids is 2. The van der Waals surface area contributed by atoms with Crippen LogP contribution in [-0.2, 0) is 28.8 Å². The molecule has 0 aliphatic carbocycles. The zero-order valence-corrected chi connectivity index (χ0v) is 24.6. The minimum atomic E-state index is -3.66. The Morgan fingerprint density at radius 1 is 0.905 bits per heavy atom. The van der Waals surface area contributed by atoms with Gasteiger partial charge in [-0.1, -0.05) is 60.2 Å². The van der Waals surface area contributed by atoms with Gasteiger partial charge in [0.05, 0.1) is 40.1 Å². The Kier molecular flexibility index (Phi) is 10.7. The quantitative estimate of drug-likeness (QED) is 0.197. The lowest BCUT2D eigenvalue weighted by molar-refractivity contribution is -0.0516. The molecular formula is C33H36O8S. The van der Waals surface area contributed by atoms with Gasteiger partial charge < -0.3 is 18.9 Å². The van der Waals surface area contributed by atoms with E-state index in [1.807, 2.05) is 6.92 Å². The maximum Gasteiger partial charge on any atom is 0.338 e. The average molecular weight is 593 g/mol. The van der Waals surface area contributed by atoms with Crippen LogP contribution in [0.5, 0.6) is 0 Å². The molecule has 0 radical (unpaired) electrons. The molecule has 222 valence electrons. The van der Waals surface area contributed by atoms with Crippen LogP contribution in [0.25, 0.3) is 0 Å². The normalized spacial score (nSPS) is 20.9. The summed E-state index contributed by atoms with van der Waals surface area (Å²) in [6.45, 7) is 5.49. The third-order valence-electron chi connectivity index (χ3n) is 7.27. The molecule has 1 fully saturated rings. The van der Waals surface area contributed by atoms with Crippen LogP contribution in [-0.4, -0.2) is 64.2 Å². The molecular weight excluding hydrogens is 556 g/mol. The molecule has 3 aromatic rings. The molecule has 1 aliphatic rings. The molecule has 0 unspecified atom stereocenters. The van der Waals surface area contributed by atoms with Gasteiger partial charge in [-0.2, -0.15) is 0 Å². The van der Waals surface area contributed by atoms with Crippen molar-refractivity contribution in [3.63, 3.8) is 0 Å². The predicted molar refractivity (Wildman–Crippen MR) is 158 cm³/mol. The number of aryl methyl sites for hydroxylation is 1. The van der Waals surface area contributed by atoms with Crippen LogP contribution in [0, 0.1) is 12.8 Å². The maximum atomic E-state index is 13.4. The summed E-state index contributed by atoms with van der Waals surface area (Å²) in [6.07, 6.45) is -0.435. The van der Waals surface area contributed by atoms with Crippen LogP contribution in [0.1, 0.15) is 39.1 Å². The molecule has 0 bridgehead atoms. The number of hydrogen-bond donors (Lipinski definition) is 0. The highest BCUT2D eigenvalue weighted by molar-refractivity contribution is 7.91. The van der Waals surface area contributed by atoms with Crippen molar-refractivity contribution in [1.82, 2.24) is 0 Å². The molecule has 0 saturated carbocycles. The fourth-order valence-electron chi connectivity index (χ4n) is 5.13. The van der Waals surface area contributed by atoms with E-state index in [1.54, 1.807) is 91.0 Å². The third-order valence-corrected chi connectivity index (χ3v) is 9.08. The predicted octanol–water partition coefficient (Wildman–Crippen LogP) is 5.22. The van der Waals surface area contributed by atoms with Crippen molar-refractivity contribution in [1.29, 1.82) is 0 Å². The van der Waals surface area contributed by atoms with Crippen molar-refractivity contribution in [3.05, 3.63) is 114 Å². The number of ether oxygens (including phenoxy) is 4. The fourth-order valence-corrected chi connectivity index (χ4v) is 6.78. The summed E-state index contributed by atoms with van der Waals surface area (Å²) in [5.41, 5.74) is 1.67. The second-order valence-corrected chi connectivity index (χ2v) is 12.3. The number of methoxy groups -OCH3 is 1. The zero-order valence-electron chi connectivity index (χ0n) is 23.8. The first kappa shape index (κ1) is 31.2. The smallest absolute Gasteiger partial charge is 0.338 e. The van der Waals surface area contributed by atoms with Crippen LogP contribution in [0.15, 0.2) is 102 Å². The molecule has 9 heteroatoms.